The summed E-state index contributed by atoms with van der Waals surface area (Å²) in [7, 11) is -0.417. The quantitative estimate of drug-likeness (QED) is 0.851. The van der Waals surface area contributed by atoms with E-state index in [0.29, 0.717) is 13.1 Å². The van der Waals surface area contributed by atoms with Gasteiger partial charge in [0.15, 0.2) is 0 Å². The summed E-state index contributed by atoms with van der Waals surface area (Å²) in [6.45, 7) is 9.17. The van der Waals surface area contributed by atoms with Gasteiger partial charge in [0.05, 0.1) is 29.1 Å². The fraction of sp³-hybridized carbons (Fsp3) is 0.381. The number of anilines is 2. The SMILES string of the molecule is CC1(C)OB(c2ccccc2CN2CC(=O)Nc3ccccc32)OC1(C)C. The van der Waals surface area contributed by atoms with E-state index in [1.54, 1.807) is 0 Å². The first-order valence-corrected chi connectivity index (χ1v) is 9.34. The van der Waals surface area contributed by atoms with Crippen molar-refractivity contribution in [2.45, 2.75) is 45.4 Å². The molecular weight excluding hydrogens is 339 g/mol. The summed E-state index contributed by atoms with van der Waals surface area (Å²) in [6, 6.07) is 16.0. The predicted molar refractivity (Wildman–Crippen MR) is 108 cm³/mol. The molecule has 4 rings (SSSR count). The Bertz CT molecular complexity index is 865. The fourth-order valence-corrected chi connectivity index (χ4v) is 3.53. The number of hydrogen-bond acceptors (Lipinski definition) is 4. The molecule has 1 amide bonds. The highest BCUT2D eigenvalue weighted by atomic mass is 16.7. The van der Waals surface area contributed by atoms with Crippen LogP contribution in [0.2, 0.25) is 0 Å². The van der Waals surface area contributed by atoms with Crippen molar-refractivity contribution in [3.05, 3.63) is 54.1 Å². The second-order valence-corrected chi connectivity index (χ2v) is 8.21. The highest BCUT2D eigenvalue weighted by Crippen LogP contribution is 2.37. The Morgan fingerprint density at radius 1 is 1.00 bits per heavy atom. The molecule has 0 saturated carbocycles. The first kappa shape index (κ1) is 18.1. The number of para-hydroxylation sites is 2. The summed E-state index contributed by atoms with van der Waals surface area (Å²) in [4.78, 5) is 14.2. The minimum atomic E-state index is -0.417. The lowest BCUT2D eigenvalue weighted by atomic mass is 9.76. The topological polar surface area (TPSA) is 50.8 Å². The number of fused-ring (bicyclic) bond motifs is 1. The molecule has 27 heavy (non-hydrogen) atoms. The zero-order valence-electron chi connectivity index (χ0n) is 16.3. The maximum atomic E-state index is 12.1. The highest BCUT2D eigenvalue weighted by molar-refractivity contribution is 6.62. The second kappa shape index (κ2) is 6.39. The molecule has 0 bridgehead atoms. The Morgan fingerprint density at radius 3 is 2.37 bits per heavy atom. The van der Waals surface area contributed by atoms with Gasteiger partial charge in [-0.2, -0.15) is 0 Å². The molecule has 2 aromatic rings. The number of nitrogens with zero attached hydrogens (tertiary/aromatic N) is 1. The Morgan fingerprint density at radius 2 is 1.63 bits per heavy atom. The minimum Gasteiger partial charge on any atom is -0.399 e. The van der Waals surface area contributed by atoms with Crippen molar-refractivity contribution in [3.8, 4) is 0 Å². The molecule has 0 aromatic heterocycles. The van der Waals surface area contributed by atoms with Crippen LogP contribution in [0.1, 0.15) is 33.3 Å². The van der Waals surface area contributed by atoms with Crippen molar-refractivity contribution in [1.82, 2.24) is 0 Å². The fourth-order valence-electron chi connectivity index (χ4n) is 3.53. The molecule has 140 valence electrons. The van der Waals surface area contributed by atoms with E-state index in [0.717, 1.165) is 22.4 Å². The molecule has 0 atom stereocenters. The smallest absolute Gasteiger partial charge is 0.399 e. The molecular formula is C21H25BN2O3. The van der Waals surface area contributed by atoms with Gasteiger partial charge in [-0.05, 0) is 50.9 Å². The van der Waals surface area contributed by atoms with E-state index in [1.807, 2.05) is 42.5 Å². The predicted octanol–water partition coefficient (Wildman–Crippen LogP) is 2.94. The maximum Gasteiger partial charge on any atom is 0.495 e. The molecule has 2 aliphatic heterocycles. The van der Waals surface area contributed by atoms with Crippen molar-refractivity contribution in [2.24, 2.45) is 0 Å². The van der Waals surface area contributed by atoms with Gasteiger partial charge in [-0.25, -0.2) is 0 Å². The molecule has 6 heteroatoms. The molecule has 5 nitrogen and oxygen atoms in total. The molecule has 1 N–H and O–H groups in total. The summed E-state index contributed by atoms with van der Waals surface area (Å²) in [5.41, 5.74) is 3.22. The number of benzene rings is 2. The van der Waals surface area contributed by atoms with Crippen molar-refractivity contribution < 1.29 is 14.1 Å². The molecule has 2 aliphatic rings. The van der Waals surface area contributed by atoms with Gasteiger partial charge in [-0.15, -0.1) is 0 Å². The van der Waals surface area contributed by atoms with Gasteiger partial charge in [0.2, 0.25) is 5.91 Å². The van der Waals surface area contributed by atoms with E-state index in [9.17, 15) is 4.79 Å². The van der Waals surface area contributed by atoms with Crippen molar-refractivity contribution in [2.75, 3.05) is 16.8 Å². The molecule has 2 heterocycles. The van der Waals surface area contributed by atoms with E-state index < -0.39 is 7.12 Å². The van der Waals surface area contributed by atoms with Crippen LogP contribution in [-0.4, -0.2) is 30.8 Å². The van der Waals surface area contributed by atoms with Crippen LogP contribution in [0.15, 0.2) is 48.5 Å². The largest absolute Gasteiger partial charge is 0.495 e. The lowest BCUT2D eigenvalue weighted by Gasteiger charge is -2.32. The van der Waals surface area contributed by atoms with Crippen molar-refractivity contribution >= 4 is 29.9 Å². The van der Waals surface area contributed by atoms with E-state index in [2.05, 4.69) is 44.0 Å². The Kier molecular flexibility index (Phi) is 4.28. The molecule has 2 aromatic carbocycles. The number of carbonyl (C=O) groups is 1. The lowest BCUT2D eigenvalue weighted by Crippen LogP contribution is -2.41. The van der Waals surface area contributed by atoms with Gasteiger partial charge in [0.1, 0.15) is 0 Å². The summed E-state index contributed by atoms with van der Waals surface area (Å²) in [5, 5.41) is 2.94. The average molecular weight is 364 g/mol. The first-order valence-electron chi connectivity index (χ1n) is 9.34. The van der Waals surface area contributed by atoms with Crippen molar-refractivity contribution in [1.29, 1.82) is 0 Å². The van der Waals surface area contributed by atoms with Crippen LogP contribution in [0.5, 0.6) is 0 Å². The van der Waals surface area contributed by atoms with Gasteiger partial charge < -0.3 is 19.5 Å². The number of amides is 1. The van der Waals surface area contributed by atoms with Gasteiger partial charge in [-0.1, -0.05) is 36.4 Å². The first-order chi connectivity index (χ1) is 12.8. The lowest BCUT2D eigenvalue weighted by molar-refractivity contribution is -0.115. The molecule has 0 aliphatic carbocycles. The van der Waals surface area contributed by atoms with E-state index >= 15 is 0 Å². The Balaban J connectivity index is 1.65. The standard InChI is InChI=1S/C21H25BN2O3/c1-20(2)21(3,4)27-22(26-20)16-10-6-5-9-15(16)13-24-14-19(25)23-17-11-7-8-12-18(17)24/h5-12H,13-14H2,1-4H3,(H,23,25). The second-order valence-electron chi connectivity index (χ2n) is 8.21. The van der Waals surface area contributed by atoms with Crippen LogP contribution in [0.3, 0.4) is 0 Å². The van der Waals surface area contributed by atoms with Gasteiger partial charge in [0, 0.05) is 6.54 Å². The Labute approximate surface area is 160 Å². The van der Waals surface area contributed by atoms with E-state index in [1.165, 1.54) is 0 Å². The third-order valence-electron chi connectivity index (χ3n) is 5.78. The summed E-state index contributed by atoms with van der Waals surface area (Å²) in [6.07, 6.45) is 0. The molecule has 0 spiro atoms. The van der Waals surface area contributed by atoms with Gasteiger partial charge >= 0.3 is 7.12 Å². The van der Waals surface area contributed by atoms with Crippen LogP contribution in [0, 0.1) is 0 Å². The third kappa shape index (κ3) is 3.24. The summed E-state index contributed by atoms with van der Waals surface area (Å²) >= 11 is 0. The van der Waals surface area contributed by atoms with E-state index in [-0.39, 0.29) is 17.1 Å². The monoisotopic (exact) mass is 364 g/mol. The Hall–Kier alpha value is -2.31. The summed E-state index contributed by atoms with van der Waals surface area (Å²) < 4.78 is 12.5. The number of nitrogens with one attached hydrogen (secondary N) is 1. The van der Waals surface area contributed by atoms with Crippen LogP contribution < -0.4 is 15.7 Å². The van der Waals surface area contributed by atoms with Crippen LogP contribution in [0.4, 0.5) is 11.4 Å². The number of carbonyl (C=O) groups excluding carboxylic acids is 1. The maximum absolute atomic E-state index is 12.1. The van der Waals surface area contributed by atoms with Crippen LogP contribution >= 0.6 is 0 Å². The van der Waals surface area contributed by atoms with Crippen molar-refractivity contribution in [3.63, 3.8) is 0 Å². The molecule has 1 fully saturated rings. The molecule has 0 unspecified atom stereocenters. The van der Waals surface area contributed by atoms with Gasteiger partial charge in [0.25, 0.3) is 0 Å². The zero-order valence-corrected chi connectivity index (χ0v) is 16.3. The average Bonchev–Trinajstić information content (AvgIpc) is 2.83. The van der Waals surface area contributed by atoms with Crippen LogP contribution in [-0.2, 0) is 20.6 Å². The molecule has 1 saturated heterocycles. The normalized spacial score (nSPS) is 20.4. The van der Waals surface area contributed by atoms with Crippen LogP contribution in [0.25, 0.3) is 0 Å². The molecule has 0 radical (unpaired) electrons. The zero-order chi connectivity index (χ0) is 19.2. The minimum absolute atomic E-state index is 0.00168. The number of rotatable bonds is 3. The summed E-state index contributed by atoms with van der Waals surface area (Å²) in [5.74, 6) is 0.00168. The van der Waals surface area contributed by atoms with Gasteiger partial charge in [-0.3, -0.25) is 4.79 Å². The third-order valence-corrected chi connectivity index (χ3v) is 5.78. The van der Waals surface area contributed by atoms with E-state index in [4.69, 9.17) is 9.31 Å². The number of hydrogen-bond donors (Lipinski definition) is 1. The highest BCUT2D eigenvalue weighted by Gasteiger charge is 2.52.